The van der Waals surface area contributed by atoms with Crippen LogP contribution in [-0.4, -0.2) is 9.55 Å². The molecule has 1 aromatic heterocycles. The molecule has 0 aliphatic rings. The Bertz CT molecular complexity index is 1060. The lowest BCUT2D eigenvalue weighted by Crippen LogP contribution is -2.27. The van der Waals surface area contributed by atoms with Gasteiger partial charge in [-0.25, -0.2) is 4.98 Å². The van der Waals surface area contributed by atoms with Crippen molar-refractivity contribution in [1.29, 1.82) is 0 Å². The van der Waals surface area contributed by atoms with E-state index in [1.54, 1.807) is 30.3 Å². The van der Waals surface area contributed by atoms with Crippen LogP contribution in [0, 0.1) is 0 Å². The Morgan fingerprint density at radius 3 is 2.10 bits per heavy atom. The molecule has 1 heterocycles. The van der Waals surface area contributed by atoms with Gasteiger partial charge in [0.05, 0.1) is 17.8 Å². The van der Waals surface area contributed by atoms with Crippen LogP contribution in [0.5, 0.6) is 0 Å². The van der Waals surface area contributed by atoms with Gasteiger partial charge in [-0.05, 0) is 17.7 Å². The first-order valence-electron chi connectivity index (χ1n) is 8.22. The van der Waals surface area contributed by atoms with Crippen molar-refractivity contribution in [1.82, 2.24) is 9.55 Å². The van der Waals surface area contributed by atoms with Crippen LogP contribution in [0.1, 0.15) is 16.8 Å². The van der Waals surface area contributed by atoms with Crippen molar-refractivity contribution in [2.75, 3.05) is 5.32 Å². The molecule has 0 saturated heterocycles. The van der Waals surface area contributed by atoms with Crippen LogP contribution in [0.15, 0.2) is 65.5 Å². The Morgan fingerprint density at radius 1 is 0.862 bits per heavy atom. The summed E-state index contributed by atoms with van der Waals surface area (Å²) in [5.74, 6) is -0.648. The van der Waals surface area contributed by atoms with Crippen LogP contribution in [-0.2, 0) is 18.9 Å². The van der Waals surface area contributed by atoms with Gasteiger partial charge in [-0.2, -0.15) is 26.3 Å². The zero-order valence-electron chi connectivity index (χ0n) is 14.6. The molecule has 0 aliphatic heterocycles. The van der Waals surface area contributed by atoms with Gasteiger partial charge >= 0.3 is 12.4 Å². The number of halogens is 6. The van der Waals surface area contributed by atoms with Crippen molar-refractivity contribution >= 4 is 11.6 Å². The van der Waals surface area contributed by atoms with E-state index in [-0.39, 0.29) is 6.54 Å². The summed E-state index contributed by atoms with van der Waals surface area (Å²) in [6, 6.07) is 12.8. The summed E-state index contributed by atoms with van der Waals surface area (Å²) in [5.41, 5.74) is -3.61. The highest BCUT2D eigenvalue weighted by Crippen LogP contribution is 2.36. The standard InChI is InChI=1S/C19H13F6N3O/c20-18(21,22)13-8-4-5-9-14(13)26-17-27-15(19(23,24)25)10-16(29)28(17)11-12-6-2-1-3-7-12/h1-10H,11H2,(H,26,27). The Labute approximate surface area is 160 Å². The van der Waals surface area contributed by atoms with Crippen LogP contribution in [0.3, 0.4) is 0 Å². The van der Waals surface area contributed by atoms with Gasteiger partial charge in [0.25, 0.3) is 5.56 Å². The van der Waals surface area contributed by atoms with Crippen molar-refractivity contribution in [3.63, 3.8) is 0 Å². The van der Waals surface area contributed by atoms with Crippen LogP contribution in [0.4, 0.5) is 38.0 Å². The summed E-state index contributed by atoms with van der Waals surface area (Å²) in [6.07, 6.45) is -9.69. The zero-order chi connectivity index (χ0) is 21.2. The van der Waals surface area contributed by atoms with E-state index in [1.165, 1.54) is 6.07 Å². The van der Waals surface area contributed by atoms with E-state index in [0.29, 0.717) is 11.6 Å². The van der Waals surface area contributed by atoms with Gasteiger partial charge in [-0.15, -0.1) is 0 Å². The molecule has 2 aromatic carbocycles. The molecule has 10 heteroatoms. The number of benzene rings is 2. The van der Waals surface area contributed by atoms with Crippen molar-refractivity contribution in [3.8, 4) is 0 Å². The van der Waals surface area contributed by atoms with E-state index in [9.17, 15) is 31.1 Å². The first-order chi connectivity index (χ1) is 13.6. The van der Waals surface area contributed by atoms with Gasteiger partial charge < -0.3 is 5.32 Å². The SMILES string of the molecule is O=c1cc(C(F)(F)F)nc(Nc2ccccc2C(F)(F)F)n1Cc1ccccc1. The predicted octanol–water partition coefficient (Wildman–Crippen LogP) is 5.07. The second-order valence-corrected chi connectivity index (χ2v) is 6.04. The minimum atomic E-state index is -4.94. The van der Waals surface area contributed by atoms with Crippen molar-refractivity contribution in [3.05, 3.63) is 87.8 Å². The number of nitrogens with one attached hydrogen (secondary N) is 1. The van der Waals surface area contributed by atoms with E-state index in [4.69, 9.17) is 0 Å². The molecule has 0 unspecified atom stereocenters. The fraction of sp³-hybridized carbons (Fsp3) is 0.158. The third-order valence-electron chi connectivity index (χ3n) is 3.96. The lowest BCUT2D eigenvalue weighted by molar-refractivity contribution is -0.141. The first-order valence-corrected chi connectivity index (χ1v) is 8.22. The number of rotatable bonds is 4. The van der Waals surface area contributed by atoms with E-state index in [0.717, 1.165) is 22.8 Å². The number of anilines is 2. The molecule has 3 aromatic rings. The third kappa shape index (κ3) is 4.76. The smallest absolute Gasteiger partial charge is 0.325 e. The van der Waals surface area contributed by atoms with Crippen LogP contribution < -0.4 is 10.9 Å². The number of nitrogens with zero attached hydrogens (tertiary/aromatic N) is 2. The summed E-state index contributed by atoms with van der Waals surface area (Å²) in [7, 11) is 0. The molecule has 0 saturated carbocycles. The second kappa shape index (κ2) is 7.61. The third-order valence-corrected chi connectivity index (χ3v) is 3.96. The van der Waals surface area contributed by atoms with E-state index < -0.39 is 40.8 Å². The molecular weight excluding hydrogens is 400 g/mol. The minimum Gasteiger partial charge on any atom is -0.325 e. The number of aromatic nitrogens is 2. The highest BCUT2D eigenvalue weighted by atomic mass is 19.4. The fourth-order valence-corrected chi connectivity index (χ4v) is 2.63. The van der Waals surface area contributed by atoms with E-state index in [2.05, 4.69) is 10.3 Å². The first kappa shape index (κ1) is 20.4. The average molecular weight is 413 g/mol. The molecule has 0 bridgehead atoms. The molecule has 0 atom stereocenters. The molecule has 3 rings (SSSR count). The molecule has 0 radical (unpaired) electrons. The number of hydrogen-bond donors (Lipinski definition) is 1. The topological polar surface area (TPSA) is 46.9 Å². The Kier molecular flexibility index (Phi) is 5.36. The molecule has 0 spiro atoms. The van der Waals surface area contributed by atoms with Crippen LogP contribution in [0.25, 0.3) is 0 Å². The monoisotopic (exact) mass is 413 g/mol. The van der Waals surface area contributed by atoms with Crippen molar-refractivity contribution in [2.45, 2.75) is 18.9 Å². The number of alkyl halides is 6. The van der Waals surface area contributed by atoms with E-state index in [1.807, 2.05) is 0 Å². The molecule has 152 valence electrons. The Morgan fingerprint density at radius 2 is 1.48 bits per heavy atom. The van der Waals surface area contributed by atoms with Gasteiger partial charge in [0.1, 0.15) is 0 Å². The largest absolute Gasteiger partial charge is 0.433 e. The predicted molar refractivity (Wildman–Crippen MR) is 93.8 cm³/mol. The summed E-state index contributed by atoms with van der Waals surface area (Å²) in [4.78, 5) is 15.7. The molecule has 0 fully saturated rings. The van der Waals surface area contributed by atoms with Crippen molar-refractivity contribution < 1.29 is 26.3 Å². The lowest BCUT2D eigenvalue weighted by atomic mass is 10.1. The van der Waals surface area contributed by atoms with Gasteiger partial charge in [0, 0.05) is 6.07 Å². The average Bonchev–Trinajstić information content (AvgIpc) is 2.64. The maximum atomic E-state index is 13.2. The van der Waals surface area contributed by atoms with Crippen LogP contribution in [0.2, 0.25) is 0 Å². The Balaban J connectivity index is 2.13. The van der Waals surface area contributed by atoms with Crippen LogP contribution >= 0.6 is 0 Å². The maximum absolute atomic E-state index is 13.2. The van der Waals surface area contributed by atoms with Gasteiger partial charge in [0.2, 0.25) is 5.95 Å². The summed E-state index contributed by atoms with van der Waals surface area (Å²) >= 11 is 0. The molecule has 0 amide bonds. The molecule has 4 nitrogen and oxygen atoms in total. The number of hydrogen-bond acceptors (Lipinski definition) is 3. The van der Waals surface area contributed by atoms with Gasteiger partial charge in [-0.3, -0.25) is 9.36 Å². The summed E-state index contributed by atoms with van der Waals surface area (Å²) < 4.78 is 79.8. The minimum absolute atomic E-state index is 0.179. The lowest BCUT2D eigenvalue weighted by Gasteiger charge is -2.18. The van der Waals surface area contributed by atoms with Gasteiger partial charge in [-0.1, -0.05) is 42.5 Å². The molecule has 1 N–H and O–H groups in total. The van der Waals surface area contributed by atoms with Crippen molar-refractivity contribution in [2.24, 2.45) is 0 Å². The second-order valence-electron chi connectivity index (χ2n) is 6.04. The highest BCUT2D eigenvalue weighted by molar-refractivity contribution is 5.60. The normalized spacial score (nSPS) is 12.1. The number of para-hydroxylation sites is 1. The maximum Gasteiger partial charge on any atom is 0.433 e. The van der Waals surface area contributed by atoms with E-state index >= 15 is 0 Å². The molecule has 29 heavy (non-hydrogen) atoms. The summed E-state index contributed by atoms with van der Waals surface area (Å²) in [6.45, 7) is -0.179. The van der Waals surface area contributed by atoms with Gasteiger partial charge in [0.15, 0.2) is 5.69 Å². The molecular formula is C19H13F6N3O. The highest BCUT2D eigenvalue weighted by Gasteiger charge is 2.36. The zero-order valence-corrected chi connectivity index (χ0v) is 14.6. The molecule has 0 aliphatic carbocycles. The Hall–Kier alpha value is -3.30. The fourth-order valence-electron chi connectivity index (χ4n) is 2.63. The quantitative estimate of drug-likeness (QED) is 0.608. The summed E-state index contributed by atoms with van der Waals surface area (Å²) in [5, 5.41) is 2.25.